The number of ketones is 1. The predicted molar refractivity (Wildman–Crippen MR) is 54.2 cm³/mol. The molecule has 0 N–H and O–H groups in total. The van der Waals surface area contributed by atoms with E-state index in [2.05, 4.69) is 19.8 Å². The standard InChI is InChI=1S/C12H18O/c1-4-5-8-11(13)10-7-6-9-12(10,2)3/h1,10H,5-9H2,2-3H3. The Morgan fingerprint density at radius 3 is 2.77 bits per heavy atom. The van der Waals surface area contributed by atoms with Gasteiger partial charge < -0.3 is 0 Å². The molecule has 0 radical (unpaired) electrons. The summed E-state index contributed by atoms with van der Waals surface area (Å²) in [4.78, 5) is 11.7. The number of carbonyl (C=O) groups is 1. The fourth-order valence-corrected chi connectivity index (χ4v) is 2.29. The number of carbonyl (C=O) groups excluding carboxylic acids is 1. The molecule has 0 bridgehead atoms. The normalized spacial score (nSPS) is 25.5. The van der Waals surface area contributed by atoms with E-state index in [4.69, 9.17) is 6.42 Å². The van der Waals surface area contributed by atoms with Gasteiger partial charge >= 0.3 is 0 Å². The molecule has 0 aromatic rings. The minimum absolute atomic E-state index is 0.214. The minimum Gasteiger partial charge on any atom is -0.299 e. The summed E-state index contributed by atoms with van der Waals surface area (Å²) < 4.78 is 0. The molecule has 1 saturated carbocycles. The van der Waals surface area contributed by atoms with Gasteiger partial charge in [0.15, 0.2) is 0 Å². The van der Waals surface area contributed by atoms with Crippen molar-refractivity contribution >= 4 is 5.78 Å². The Morgan fingerprint density at radius 2 is 2.31 bits per heavy atom. The Hall–Kier alpha value is -0.770. The van der Waals surface area contributed by atoms with E-state index < -0.39 is 0 Å². The maximum atomic E-state index is 11.7. The average molecular weight is 178 g/mol. The van der Waals surface area contributed by atoms with Crippen LogP contribution in [0.25, 0.3) is 0 Å². The lowest BCUT2D eigenvalue weighted by Crippen LogP contribution is -2.25. The first kappa shape index (κ1) is 10.3. The van der Waals surface area contributed by atoms with Gasteiger partial charge in [-0.2, -0.15) is 0 Å². The molecule has 0 spiro atoms. The van der Waals surface area contributed by atoms with E-state index in [1.165, 1.54) is 12.8 Å². The van der Waals surface area contributed by atoms with Crippen LogP contribution in [-0.4, -0.2) is 5.78 Å². The monoisotopic (exact) mass is 178 g/mol. The molecule has 1 aliphatic rings. The second kappa shape index (κ2) is 3.96. The first-order chi connectivity index (χ1) is 6.08. The molecule has 13 heavy (non-hydrogen) atoms. The highest BCUT2D eigenvalue weighted by atomic mass is 16.1. The summed E-state index contributed by atoms with van der Waals surface area (Å²) in [7, 11) is 0. The molecule has 1 heteroatoms. The molecule has 0 aliphatic heterocycles. The summed E-state index contributed by atoms with van der Waals surface area (Å²) in [6, 6.07) is 0. The number of hydrogen-bond acceptors (Lipinski definition) is 1. The van der Waals surface area contributed by atoms with Crippen molar-refractivity contribution in [1.82, 2.24) is 0 Å². The molecule has 1 aliphatic carbocycles. The molecule has 1 unspecified atom stereocenters. The van der Waals surface area contributed by atoms with Crippen molar-refractivity contribution in [2.75, 3.05) is 0 Å². The van der Waals surface area contributed by atoms with Crippen LogP contribution >= 0.6 is 0 Å². The largest absolute Gasteiger partial charge is 0.299 e. The fourth-order valence-electron chi connectivity index (χ4n) is 2.29. The fraction of sp³-hybridized carbons (Fsp3) is 0.750. The molecular formula is C12H18O. The van der Waals surface area contributed by atoms with E-state index >= 15 is 0 Å². The van der Waals surface area contributed by atoms with Crippen LogP contribution < -0.4 is 0 Å². The summed E-state index contributed by atoms with van der Waals surface area (Å²) in [5, 5.41) is 0. The van der Waals surface area contributed by atoms with Crippen LogP contribution in [-0.2, 0) is 4.79 Å². The van der Waals surface area contributed by atoms with Gasteiger partial charge in [0.1, 0.15) is 5.78 Å². The summed E-state index contributed by atoms with van der Waals surface area (Å²) in [6.07, 6.45) is 9.76. The van der Waals surface area contributed by atoms with Crippen molar-refractivity contribution in [2.24, 2.45) is 11.3 Å². The van der Waals surface area contributed by atoms with E-state index in [9.17, 15) is 4.79 Å². The number of terminal acetylenes is 1. The van der Waals surface area contributed by atoms with Crippen LogP contribution in [0.2, 0.25) is 0 Å². The summed E-state index contributed by atoms with van der Waals surface area (Å²) >= 11 is 0. The highest BCUT2D eigenvalue weighted by Crippen LogP contribution is 2.43. The summed E-state index contributed by atoms with van der Waals surface area (Å²) in [6.45, 7) is 4.39. The van der Waals surface area contributed by atoms with Crippen LogP contribution in [0.4, 0.5) is 0 Å². The summed E-state index contributed by atoms with van der Waals surface area (Å²) in [5.41, 5.74) is 0.214. The molecule has 72 valence electrons. The molecule has 1 rings (SSSR count). The Kier molecular flexibility index (Phi) is 3.14. The molecule has 0 aromatic heterocycles. The van der Waals surface area contributed by atoms with E-state index in [0.29, 0.717) is 18.6 Å². The first-order valence-corrected chi connectivity index (χ1v) is 5.04. The van der Waals surface area contributed by atoms with Crippen molar-refractivity contribution < 1.29 is 4.79 Å². The van der Waals surface area contributed by atoms with E-state index in [0.717, 1.165) is 6.42 Å². The van der Waals surface area contributed by atoms with Crippen molar-refractivity contribution in [3.8, 4) is 12.3 Å². The van der Waals surface area contributed by atoms with E-state index in [1.807, 2.05) is 0 Å². The molecule has 0 heterocycles. The number of hydrogen-bond donors (Lipinski definition) is 0. The smallest absolute Gasteiger partial charge is 0.137 e. The lowest BCUT2D eigenvalue weighted by atomic mass is 9.78. The van der Waals surface area contributed by atoms with Crippen molar-refractivity contribution in [3.63, 3.8) is 0 Å². The van der Waals surface area contributed by atoms with Gasteiger partial charge in [-0.3, -0.25) is 4.79 Å². The van der Waals surface area contributed by atoms with Crippen LogP contribution in [0.5, 0.6) is 0 Å². The highest BCUT2D eigenvalue weighted by Gasteiger charge is 2.38. The maximum absolute atomic E-state index is 11.7. The lowest BCUT2D eigenvalue weighted by molar-refractivity contribution is -0.125. The zero-order valence-electron chi connectivity index (χ0n) is 8.60. The minimum atomic E-state index is 0.214. The molecular weight excluding hydrogens is 160 g/mol. The third kappa shape index (κ3) is 2.34. The van der Waals surface area contributed by atoms with Gasteiger partial charge in [-0.25, -0.2) is 0 Å². The van der Waals surface area contributed by atoms with Crippen LogP contribution in [0.15, 0.2) is 0 Å². The van der Waals surface area contributed by atoms with E-state index in [1.54, 1.807) is 0 Å². The molecule has 0 saturated heterocycles. The summed E-state index contributed by atoms with van der Waals surface area (Å²) in [5.74, 6) is 3.17. The van der Waals surface area contributed by atoms with Gasteiger partial charge in [0.25, 0.3) is 0 Å². The average Bonchev–Trinajstić information content (AvgIpc) is 2.41. The second-order valence-corrected chi connectivity index (χ2v) is 4.60. The molecule has 0 amide bonds. The zero-order valence-corrected chi connectivity index (χ0v) is 8.60. The first-order valence-electron chi connectivity index (χ1n) is 5.04. The Balaban J connectivity index is 2.52. The Labute approximate surface area is 80.9 Å². The second-order valence-electron chi connectivity index (χ2n) is 4.60. The topological polar surface area (TPSA) is 17.1 Å². The number of rotatable bonds is 3. The van der Waals surface area contributed by atoms with Crippen LogP contribution in [0.1, 0.15) is 46.0 Å². The van der Waals surface area contributed by atoms with Crippen molar-refractivity contribution in [2.45, 2.75) is 46.0 Å². The van der Waals surface area contributed by atoms with E-state index in [-0.39, 0.29) is 11.3 Å². The molecule has 1 fully saturated rings. The van der Waals surface area contributed by atoms with Crippen LogP contribution in [0.3, 0.4) is 0 Å². The predicted octanol–water partition coefficient (Wildman–Crippen LogP) is 2.80. The van der Waals surface area contributed by atoms with Crippen LogP contribution in [0, 0.1) is 23.7 Å². The molecule has 1 atom stereocenters. The van der Waals surface area contributed by atoms with Gasteiger partial charge in [0.05, 0.1) is 0 Å². The molecule has 0 aromatic carbocycles. The van der Waals surface area contributed by atoms with Gasteiger partial charge in [-0.05, 0) is 18.3 Å². The zero-order chi connectivity index (χ0) is 9.90. The van der Waals surface area contributed by atoms with Gasteiger partial charge in [-0.15, -0.1) is 12.3 Å². The maximum Gasteiger partial charge on any atom is 0.137 e. The third-order valence-electron chi connectivity index (χ3n) is 3.16. The molecule has 1 nitrogen and oxygen atoms in total. The van der Waals surface area contributed by atoms with Gasteiger partial charge in [-0.1, -0.05) is 20.3 Å². The van der Waals surface area contributed by atoms with Crippen molar-refractivity contribution in [1.29, 1.82) is 0 Å². The Bertz CT molecular complexity index is 232. The lowest BCUT2D eigenvalue weighted by Gasteiger charge is -2.25. The van der Waals surface area contributed by atoms with Gasteiger partial charge in [0, 0.05) is 18.8 Å². The quantitative estimate of drug-likeness (QED) is 0.607. The highest BCUT2D eigenvalue weighted by molar-refractivity contribution is 5.82. The van der Waals surface area contributed by atoms with Crippen molar-refractivity contribution in [3.05, 3.63) is 0 Å². The third-order valence-corrected chi connectivity index (χ3v) is 3.16. The number of Topliss-reactive ketones (excluding diaryl/α,β-unsaturated/α-hetero) is 1. The Morgan fingerprint density at radius 1 is 1.62 bits per heavy atom. The SMILES string of the molecule is C#CCCC(=O)C1CCCC1(C)C. The van der Waals surface area contributed by atoms with Gasteiger partial charge in [0.2, 0.25) is 0 Å².